The molecule has 8 nitrogen and oxygen atoms in total. The molecule has 152 valence electrons. The Bertz CT molecular complexity index is 1280. The highest BCUT2D eigenvalue weighted by atomic mass is 79.9. The molecule has 1 heterocycles. The number of hydrogen-bond donors (Lipinski definition) is 1. The van der Waals surface area contributed by atoms with E-state index >= 15 is 0 Å². The Hall–Kier alpha value is -3.73. The van der Waals surface area contributed by atoms with Crippen LogP contribution in [0.4, 0.5) is 17.2 Å². The van der Waals surface area contributed by atoms with E-state index in [9.17, 15) is 15.4 Å². The second-order valence-corrected chi connectivity index (χ2v) is 7.62. The molecule has 3 rings (SSSR count). The van der Waals surface area contributed by atoms with Gasteiger partial charge in [0.05, 0.1) is 37.1 Å². The molecule has 0 atom stereocenters. The average Bonchev–Trinajstić information content (AvgIpc) is 2.76. The van der Waals surface area contributed by atoms with Gasteiger partial charge in [-0.25, -0.2) is 0 Å². The Balaban J connectivity index is 2.01. The zero-order valence-corrected chi connectivity index (χ0v) is 18.8. The lowest BCUT2D eigenvalue weighted by atomic mass is 10.1. The highest BCUT2D eigenvalue weighted by molar-refractivity contribution is 9.11. The fourth-order valence-corrected chi connectivity index (χ4v) is 4.04. The molecule has 1 N–H and O–H groups in total. The number of rotatable bonds is 6. The largest absolute Gasteiger partial charge is 0.437 e. The van der Waals surface area contributed by atoms with Gasteiger partial charge < -0.3 is 10.1 Å². The van der Waals surface area contributed by atoms with Crippen molar-refractivity contribution in [3.05, 3.63) is 84.8 Å². The van der Waals surface area contributed by atoms with Crippen molar-refractivity contribution in [2.45, 2.75) is 0 Å². The minimum Gasteiger partial charge on any atom is -0.437 e. The van der Waals surface area contributed by atoms with Gasteiger partial charge >= 0.3 is 5.69 Å². The predicted molar refractivity (Wildman–Crippen MR) is 122 cm³/mol. The molecular weight excluding hydrogens is 530 g/mol. The molecule has 0 fully saturated rings. The Morgan fingerprint density at radius 2 is 1.87 bits per heavy atom. The Labute approximate surface area is 193 Å². The van der Waals surface area contributed by atoms with Crippen LogP contribution in [0.25, 0.3) is 6.08 Å². The molecule has 0 amide bonds. The van der Waals surface area contributed by atoms with Crippen LogP contribution in [0.1, 0.15) is 16.7 Å². The van der Waals surface area contributed by atoms with Crippen LogP contribution in [0.15, 0.2) is 58.0 Å². The fourth-order valence-electron chi connectivity index (χ4n) is 2.60. The summed E-state index contributed by atoms with van der Waals surface area (Å²) >= 11 is 6.77. The zero-order chi connectivity index (χ0) is 22.5. The molecule has 0 aliphatic carbocycles. The summed E-state index contributed by atoms with van der Waals surface area (Å²) in [6.07, 6.45) is 1.52. The van der Waals surface area contributed by atoms with E-state index in [1.54, 1.807) is 30.3 Å². The Morgan fingerprint density at radius 1 is 1.16 bits per heavy atom. The first-order chi connectivity index (χ1) is 14.9. The van der Waals surface area contributed by atoms with Crippen LogP contribution in [0, 0.1) is 32.8 Å². The molecule has 0 saturated heterocycles. The number of nitrogens with zero attached hydrogens (tertiary/aromatic N) is 4. The molecule has 0 spiro atoms. The summed E-state index contributed by atoms with van der Waals surface area (Å²) in [5, 5.41) is 32.5. The fraction of sp³-hybridized carbons (Fsp3) is 0. The number of hydrogen-bond acceptors (Lipinski definition) is 7. The van der Waals surface area contributed by atoms with Crippen molar-refractivity contribution < 1.29 is 9.66 Å². The molecule has 31 heavy (non-hydrogen) atoms. The van der Waals surface area contributed by atoms with Crippen molar-refractivity contribution in [2.24, 2.45) is 0 Å². The number of nitriles is 2. The quantitative estimate of drug-likeness (QED) is 0.281. The molecule has 2 aromatic carbocycles. The monoisotopic (exact) mass is 539 g/mol. The Morgan fingerprint density at radius 3 is 2.45 bits per heavy atom. The summed E-state index contributed by atoms with van der Waals surface area (Å²) in [5.74, 6) is 0.388. The number of pyridine rings is 1. The highest BCUT2D eigenvalue weighted by Crippen LogP contribution is 2.41. The van der Waals surface area contributed by atoms with Crippen molar-refractivity contribution in [3.63, 3.8) is 0 Å². The normalized spacial score (nSPS) is 9.94. The van der Waals surface area contributed by atoms with Gasteiger partial charge in [0.2, 0.25) is 11.7 Å². The number of nitro groups is 1. The van der Waals surface area contributed by atoms with Crippen molar-refractivity contribution >= 4 is 55.1 Å². The van der Waals surface area contributed by atoms with E-state index < -0.39 is 4.92 Å². The first-order valence-corrected chi connectivity index (χ1v) is 10.1. The predicted octanol–water partition coefficient (Wildman–Crippen LogP) is 6.44. The van der Waals surface area contributed by atoms with Gasteiger partial charge in [-0.15, -0.1) is 0 Å². The number of ether oxygens (including phenoxy) is 1. The molecule has 1 aromatic heterocycles. The van der Waals surface area contributed by atoms with Gasteiger partial charge in [-0.05, 0) is 62.2 Å². The number of benzene rings is 2. The van der Waals surface area contributed by atoms with E-state index in [1.807, 2.05) is 6.07 Å². The van der Waals surface area contributed by atoms with Gasteiger partial charge in [-0.1, -0.05) is 12.7 Å². The molecule has 0 unspecified atom stereocenters. The summed E-state index contributed by atoms with van der Waals surface area (Å²) in [6.45, 7) is 3.71. The van der Waals surface area contributed by atoms with Crippen LogP contribution in [-0.4, -0.2) is 9.91 Å². The van der Waals surface area contributed by atoms with Gasteiger partial charge in [-0.3, -0.25) is 10.1 Å². The summed E-state index contributed by atoms with van der Waals surface area (Å²) in [4.78, 5) is 15.1. The lowest BCUT2D eigenvalue weighted by Gasteiger charge is -2.13. The van der Waals surface area contributed by atoms with Crippen molar-refractivity contribution in [3.8, 4) is 23.8 Å². The minimum atomic E-state index is -0.563. The number of halogens is 2. The van der Waals surface area contributed by atoms with Crippen LogP contribution in [0.5, 0.6) is 11.6 Å². The molecular formula is C21H11Br2N5O3. The summed E-state index contributed by atoms with van der Waals surface area (Å²) in [6, 6.07) is 14.7. The standard InChI is InChI=1S/C21H11Br2N5O3/c1-2-15-13(11-25)9-16(22)20(19(15)23)31-18-8-7-17(28(29)30)21(27-18)26-14-5-3-12(10-24)4-6-14/h2-9H,1H2,(H,26,27). The minimum absolute atomic E-state index is 0.0305. The van der Waals surface area contributed by atoms with Crippen LogP contribution < -0.4 is 10.1 Å². The third kappa shape index (κ3) is 4.72. The topological polar surface area (TPSA) is 125 Å². The van der Waals surface area contributed by atoms with E-state index in [4.69, 9.17) is 10.00 Å². The third-order valence-electron chi connectivity index (χ3n) is 4.07. The van der Waals surface area contributed by atoms with Crippen molar-refractivity contribution in [2.75, 3.05) is 5.32 Å². The van der Waals surface area contributed by atoms with E-state index in [1.165, 1.54) is 18.2 Å². The van der Waals surface area contributed by atoms with Gasteiger partial charge in [0.1, 0.15) is 0 Å². The maximum atomic E-state index is 11.4. The van der Waals surface area contributed by atoms with E-state index in [-0.39, 0.29) is 17.4 Å². The van der Waals surface area contributed by atoms with Crippen LogP contribution in [0.3, 0.4) is 0 Å². The number of nitrogens with one attached hydrogen (secondary N) is 1. The van der Waals surface area contributed by atoms with Crippen LogP contribution >= 0.6 is 31.9 Å². The third-order valence-corrected chi connectivity index (χ3v) is 5.44. The van der Waals surface area contributed by atoms with Gasteiger partial charge in [-0.2, -0.15) is 15.5 Å². The SMILES string of the molecule is C=Cc1c(C#N)cc(Br)c(Oc2ccc([N+](=O)[O-])c(Nc3ccc(C#N)cc3)n2)c1Br. The average molecular weight is 541 g/mol. The Kier molecular flexibility index (Phi) is 6.65. The molecule has 0 aliphatic heterocycles. The van der Waals surface area contributed by atoms with Gasteiger partial charge in [0.15, 0.2) is 5.75 Å². The molecule has 0 saturated carbocycles. The van der Waals surface area contributed by atoms with Crippen molar-refractivity contribution in [1.29, 1.82) is 10.5 Å². The maximum Gasteiger partial charge on any atom is 0.311 e. The molecule has 0 radical (unpaired) electrons. The number of aromatic nitrogens is 1. The first kappa shape index (κ1) is 22.0. The van der Waals surface area contributed by atoms with Gasteiger partial charge in [0.25, 0.3) is 0 Å². The smallest absolute Gasteiger partial charge is 0.311 e. The lowest BCUT2D eigenvalue weighted by molar-refractivity contribution is -0.384. The van der Waals surface area contributed by atoms with E-state index in [0.717, 1.165) is 0 Å². The summed E-state index contributed by atoms with van der Waals surface area (Å²) in [7, 11) is 0. The van der Waals surface area contributed by atoms with Gasteiger partial charge in [0, 0.05) is 23.4 Å². The molecule has 0 bridgehead atoms. The van der Waals surface area contributed by atoms with Crippen LogP contribution in [-0.2, 0) is 0 Å². The lowest BCUT2D eigenvalue weighted by Crippen LogP contribution is -2.01. The van der Waals surface area contributed by atoms with Crippen molar-refractivity contribution in [1.82, 2.24) is 4.98 Å². The highest BCUT2D eigenvalue weighted by Gasteiger charge is 2.20. The summed E-state index contributed by atoms with van der Waals surface area (Å²) in [5.41, 5.74) is 1.65. The maximum absolute atomic E-state index is 11.4. The second-order valence-electron chi connectivity index (χ2n) is 5.97. The van der Waals surface area contributed by atoms with Crippen LogP contribution in [0.2, 0.25) is 0 Å². The molecule has 0 aliphatic rings. The second kappa shape index (κ2) is 9.39. The van der Waals surface area contributed by atoms with E-state index in [2.05, 4.69) is 54.8 Å². The zero-order valence-electron chi connectivity index (χ0n) is 15.6. The molecule has 10 heteroatoms. The molecule has 3 aromatic rings. The summed E-state index contributed by atoms with van der Waals surface area (Å²) < 4.78 is 6.83. The first-order valence-electron chi connectivity index (χ1n) is 8.53. The number of anilines is 2. The van der Waals surface area contributed by atoms with E-state index in [0.29, 0.717) is 37.1 Å².